The molecular weight excluding hydrogens is 80.0 g/mol. The lowest BCUT2D eigenvalue weighted by Gasteiger charge is -1.91. The molecule has 0 saturated carbocycles. The Kier molecular flexibility index (Phi) is 0.827. The fraction of sp³-hybridized carbons (Fsp3) is 1.00. The predicted molar refractivity (Wildman–Crippen MR) is 23.8 cm³/mol. The van der Waals surface area contributed by atoms with Gasteiger partial charge >= 0.3 is 0 Å². The van der Waals surface area contributed by atoms with Crippen molar-refractivity contribution in [1.82, 2.24) is 0 Å². The van der Waals surface area contributed by atoms with Gasteiger partial charge in [-0.1, -0.05) is 0 Å². The second-order valence-electron chi connectivity index (χ2n) is 0.510. The Labute approximate surface area is 47.9 Å². The van der Waals surface area contributed by atoms with Gasteiger partial charge in [0.25, 0.3) is 0 Å². The largest absolute Gasteiger partial charge is 0.382 e. The molecule has 0 aromatic heterocycles. The summed E-state index contributed by atoms with van der Waals surface area (Å²) in [6.07, 6.45) is 0. The maximum Gasteiger partial charge on any atom is 0.0696 e. The van der Waals surface area contributed by atoms with Gasteiger partial charge in [0.05, 0.1) is 22.7 Å². The molecule has 0 spiro atoms. The van der Waals surface area contributed by atoms with Gasteiger partial charge in [-0.15, -0.1) is 0 Å². The second-order valence-corrected chi connectivity index (χ2v) is 0.510. The Hall–Kier alpha value is -0.0800. The van der Waals surface area contributed by atoms with Gasteiger partial charge in [-0.3, -0.25) is 0 Å². The van der Waals surface area contributed by atoms with Crippen LogP contribution in [0.3, 0.4) is 0 Å². The first-order valence-electron chi connectivity index (χ1n) is 4.77. The van der Waals surface area contributed by atoms with Crippen LogP contribution < -0.4 is 0 Å². The molecule has 0 radical (unpaired) electrons. The summed E-state index contributed by atoms with van der Waals surface area (Å²) in [6.45, 7) is -5.82. The molecule has 0 aromatic rings. The Morgan fingerprint density at radius 1 is 1.67 bits per heavy atom. The molecule has 2 nitrogen and oxygen atoms in total. The molecule has 0 unspecified atom stereocenters. The quantitative estimate of drug-likeness (QED) is 0.503. The molecule has 6 heavy (non-hydrogen) atoms. The first-order chi connectivity index (χ1) is 5.52. The SMILES string of the molecule is [2H]C([2H])([2H])OC([2H])([2H])C([2H])([2H])OC. The van der Waals surface area contributed by atoms with Gasteiger partial charge in [-0.05, 0) is 0 Å². The highest BCUT2D eigenvalue weighted by Gasteiger charge is 1.73. The van der Waals surface area contributed by atoms with Crippen molar-refractivity contribution in [3.8, 4) is 0 Å². The maximum absolute atomic E-state index is 6.97. The first-order valence-corrected chi connectivity index (χ1v) is 1.27. The van der Waals surface area contributed by atoms with Crippen molar-refractivity contribution in [1.29, 1.82) is 0 Å². The molecule has 0 aromatic carbocycles. The average Bonchev–Trinajstić information content (AvgIpc) is 1.81. The zero-order valence-electron chi connectivity index (χ0n) is 10.3. The molecule has 0 atom stereocenters. The minimum absolute atomic E-state index is 0.917. The van der Waals surface area contributed by atoms with Crippen LogP contribution in [0.15, 0.2) is 0 Å². The van der Waals surface area contributed by atoms with E-state index in [9.17, 15) is 0 Å². The van der Waals surface area contributed by atoms with Crippen molar-refractivity contribution in [2.45, 2.75) is 0 Å². The van der Waals surface area contributed by atoms with Crippen LogP contribution >= 0.6 is 0 Å². The lowest BCUT2D eigenvalue weighted by Crippen LogP contribution is -1.96. The number of methoxy groups -OCH3 is 2. The smallest absolute Gasteiger partial charge is 0.0696 e. The van der Waals surface area contributed by atoms with E-state index in [1.54, 1.807) is 0 Å². The van der Waals surface area contributed by atoms with Gasteiger partial charge < -0.3 is 9.47 Å². The van der Waals surface area contributed by atoms with E-state index in [-0.39, 0.29) is 0 Å². The van der Waals surface area contributed by atoms with E-state index >= 15 is 0 Å². The minimum atomic E-state index is -3.02. The van der Waals surface area contributed by atoms with E-state index in [0.29, 0.717) is 0 Å². The van der Waals surface area contributed by atoms with E-state index in [1.807, 2.05) is 0 Å². The molecule has 0 aliphatic carbocycles. The van der Waals surface area contributed by atoms with Crippen LogP contribution in [0, 0.1) is 0 Å². The second kappa shape index (κ2) is 4.92. The summed E-state index contributed by atoms with van der Waals surface area (Å²) < 4.78 is 55.7. The van der Waals surface area contributed by atoms with Crippen molar-refractivity contribution in [2.75, 3.05) is 27.3 Å². The Bertz CT molecular complexity index is 174. The lowest BCUT2D eigenvalue weighted by atomic mass is 10.8. The molecule has 0 heterocycles. The van der Waals surface area contributed by atoms with Crippen molar-refractivity contribution >= 4 is 0 Å². The molecular formula is C4H10O2. The molecule has 2 heteroatoms. The highest BCUT2D eigenvalue weighted by atomic mass is 16.5. The summed E-state index contributed by atoms with van der Waals surface area (Å²) in [5.41, 5.74) is 0. The van der Waals surface area contributed by atoms with Crippen molar-refractivity contribution in [3.05, 3.63) is 0 Å². The van der Waals surface area contributed by atoms with E-state index in [2.05, 4.69) is 9.47 Å². The molecule has 0 amide bonds. The summed E-state index contributed by atoms with van der Waals surface area (Å²) in [6, 6.07) is 0. The molecule has 0 rings (SSSR count). The van der Waals surface area contributed by atoms with E-state index < -0.39 is 20.2 Å². The lowest BCUT2D eigenvalue weighted by molar-refractivity contribution is 0.103. The molecule has 38 valence electrons. The summed E-state index contributed by atoms with van der Waals surface area (Å²) in [5, 5.41) is 0. The van der Waals surface area contributed by atoms with Gasteiger partial charge in [-0.2, -0.15) is 0 Å². The third kappa shape index (κ3) is 3.92. The number of rotatable bonds is 3. The average molecular weight is 97.2 g/mol. The standard InChI is InChI=1S/C4H10O2/c1-5-3-4-6-2/h3-4H2,1-2H3/i1D3,3D2,4D2. The van der Waals surface area contributed by atoms with Crippen molar-refractivity contribution < 1.29 is 19.1 Å². The predicted octanol–water partition coefficient (Wildman–Crippen LogP) is 0.279. The fourth-order valence-corrected chi connectivity index (χ4v) is 0.0625. The zero-order chi connectivity index (χ0) is 10.9. The Morgan fingerprint density at radius 2 is 2.33 bits per heavy atom. The third-order valence-corrected chi connectivity index (χ3v) is 0.195. The van der Waals surface area contributed by atoms with E-state index in [1.165, 1.54) is 0 Å². The van der Waals surface area contributed by atoms with Crippen LogP contribution in [0.2, 0.25) is 0 Å². The Balaban J connectivity index is 4.58. The van der Waals surface area contributed by atoms with Gasteiger partial charge in [0.15, 0.2) is 0 Å². The molecule has 0 fully saturated rings. The maximum atomic E-state index is 6.97. The van der Waals surface area contributed by atoms with Crippen LogP contribution in [0.25, 0.3) is 0 Å². The fourth-order valence-electron chi connectivity index (χ4n) is 0.0625. The Morgan fingerprint density at radius 3 is 2.83 bits per heavy atom. The molecule has 0 aliphatic rings. The number of hydrogen-bond donors (Lipinski definition) is 0. The topological polar surface area (TPSA) is 18.5 Å². The number of ether oxygens (including phenoxy) is 2. The molecule has 0 aliphatic heterocycles. The van der Waals surface area contributed by atoms with Gasteiger partial charge in [0.1, 0.15) is 0 Å². The van der Waals surface area contributed by atoms with Crippen LogP contribution in [0.1, 0.15) is 9.60 Å². The zero-order valence-corrected chi connectivity index (χ0v) is 3.32. The minimum Gasteiger partial charge on any atom is -0.382 e. The van der Waals surface area contributed by atoms with E-state index in [4.69, 9.17) is 9.60 Å². The van der Waals surface area contributed by atoms with Crippen molar-refractivity contribution in [2.24, 2.45) is 0 Å². The highest BCUT2D eigenvalue weighted by molar-refractivity contribution is 4.17. The van der Waals surface area contributed by atoms with Crippen LogP contribution in [-0.2, 0) is 9.47 Å². The van der Waals surface area contributed by atoms with Crippen molar-refractivity contribution in [3.63, 3.8) is 0 Å². The first kappa shape index (κ1) is 1.01. The van der Waals surface area contributed by atoms with Gasteiger partial charge in [0, 0.05) is 14.1 Å². The monoisotopic (exact) mass is 97.1 g/mol. The summed E-state index contributed by atoms with van der Waals surface area (Å²) in [7, 11) is -2.09. The normalized spacial score (nSPS) is 33.2. The van der Waals surface area contributed by atoms with E-state index in [0.717, 1.165) is 7.11 Å². The number of hydrogen-bond acceptors (Lipinski definition) is 2. The van der Waals surface area contributed by atoms with Crippen LogP contribution in [0.4, 0.5) is 0 Å². The molecule has 0 saturated heterocycles. The summed E-state index contributed by atoms with van der Waals surface area (Å²) in [4.78, 5) is 0. The molecule has 0 bridgehead atoms. The highest BCUT2D eigenvalue weighted by Crippen LogP contribution is 1.65. The third-order valence-electron chi connectivity index (χ3n) is 0.195. The van der Waals surface area contributed by atoms with Gasteiger partial charge in [0.2, 0.25) is 0 Å². The van der Waals surface area contributed by atoms with Crippen LogP contribution in [-0.4, -0.2) is 27.3 Å². The summed E-state index contributed by atoms with van der Waals surface area (Å²) in [5.74, 6) is 0. The van der Waals surface area contributed by atoms with Gasteiger partial charge in [-0.25, -0.2) is 0 Å². The molecule has 0 N–H and O–H groups in total. The summed E-state index contributed by atoms with van der Waals surface area (Å²) >= 11 is 0. The van der Waals surface area contributed by atoms with Crippen LogP contribution in [0.5, 0.6) is 0 Å².